The van der Waals surface area contributed by atoms with E-state index >= 15 is 0 Å². The van der Waals surface area contributed by atoms with Gasteiger partial charge in [0.15, 0.2) is 0 Å². The van der Waals surface area contributed by atoms with Gasteiger partial charge in [0.1, 0.15) is 22.7 Å². The number of anilines is 6. The second-order valence-corrected chi connectivity index (χ2v) is 13.7. The molecule has 50 heavy (non-hydrogen) atoms. The molecule has 0 spiro atoms. The molecule has 258 valence electrons. The highest BCUT2D eigenvalue weighted by Gasteiger charge is 2.21. The number of hydrogen-bond acceptors (Lipinski definition) is 8. The fourth-order valence-corrected chi connectivity index (χ4v) is 5.27. The molecule has 0 radical (unpaired) electrons. The first-order chi connectivity index (χ1) is 23.7. The Bertz CT molecular complexity index is 1750. The van der Waals surface area contributed by atoms with Gasteiger partial charge in [-0.15, -0.1) is 0 Å². The number of carbonyl (C=O) groups is 2. The van der Waals surface area contributed by atoms with Crippen LogP contribution in [0.25, 0.3) is 0 Å². The first-order valence-electron chi connectivity index (χ1n) is 16.4. The zero-order valence-electron chi connectivity index (χ0n) is 29.9. The molecule has 0 aliphatic rings. The van der Waals surface area contributed by atoms with Gasteiger partial charge in [-0.1, -0.05) is 0 Å². The summed E-state index contributed by atoms with van der Waals surface area (Å²) in [4.78, 5) is 29.7. The van der Waals surface area contributed by atoms with Crippen LogP contribution in [-0.4, -0.2) is 37.4 Å². The van der Waals surface area contributed by atoms with Crippen molar-refractivity contribution in [1.29, 1.82) is 0 Å². The first-order valence-corrected chi connectivity index (χ1v) is 16.4. The Labute approximate surface area is 294 Å². The van der Waals surface area contributed by atoms with Crippen molar-refractivity contribution in [3.05, 3.63) is 132 Å². The first kappa shape index (κ1) is 35.5. The third-order valence-electron chi connectivity index (χ3n) is 7.55. The third kappa shape index (κ3) is 8.82. The summed E-state index contributed by atoms with van der Waals surface area (Å²) in [6, 6.07) is 38.6. The fourth-order valence-electron chi connectivity index (χ4n) is 5.27. The minimum absolute atomic E-state index is 0.373. The molecule has 0 unspecified atom stereocenters. The smallest absolute Gasteiger partial charge is 0.338 e. The number of nitrogens with zero attached hydrogens (tertiary/aromatic N) is 2. The maximum Gasteiger partial charge on any atom is 0.338 e. The molecule has 0 amide bonds. The van der Waals surface area contributed by atoms with E-state index in [9.17, 15) is 9.59 Å². The Morgan fingerprint density at radius 1 is 0.400 bits per heavy atom. The Morgan fingerprint density at radius 3 is 0.840 bits per heavy atom. The molecule has 0 bridgehead atoms. The molecule has 5 rings (SSSR count). The Kier molecular flexibility index (Phi) is 10.5. The quantitative estimate of drug-likeness (QED) is 0.136. The Hall–Kier alpha value is -5.76. The summed E-state index contributed by atoms with van der Waals surface area (Å²) in [6.45, 7) is 11.1. The van der Waals surface area contributed by atoms with Gasteiger partial charge >= 0.3 is 11.9 Å². The molecule has 0 saturated heterocycles. The van der Waals surface area contributed by atoms with Crippen molar-refractivity contribution in [3.63, 3.8) is 0 Å². The zero-order chi connectivity index (χ0) is 36.1. The number of rotatable bonds is 10. The van der Waals surface area contributed by atoms with E-state index in [1.54, 1.807) is 38.5 Å². The topological polar surface area (TPSA) is 77.5 Å². The molecule has 0 atom stereocenters. The van der Waals surface area contributed by atoms with Crippen LogP contribution in [0.15, 0.2) is 121 Å². The molecule has 0 aromatic heterocycles. The summed E-state index contributed by atoms with van der Waals surface area (Å²) in [5.74, 6) is 0.749. The van der Waals surface area contributed by atoms with E-state index in [-0.39, 0.29) is 11.9 Å². The van der Waals surface area contributed by atoms with Crippen LogP contribution < -0.4 is 19.3 Å². The van der Waals surface area contributed by atoms with Gasteiger partial charge in [0, 0.05) is 34.1 Å². The maximum absolute atomic E-state index is 12.7. The predicted molar refractivity (Wildman–Crippen MR) is 199 cm³/mol. The number of hydrogen-bond donors (Lipinski definition) is 0. The van der Waals surface area contributed by atoms with Crippen LogP contribution in [-0.2, 0) is 9.47 Å². The molecule has 0 fully saturated rings. The van der Waals surface area contributed by atoms with Crippen molar-refractivity contribution in [3.8, 4) is 11.5 Å². The van der Waals surface area contributed by atoms with Gasteiger partial charge in [-0.2, -0.15) is 0 Å². The van der Waals surface area contributed by atoms with Crippen LogP contribution in [0.5, 0.6) is 11.5 Å². The van der Waals surface area contributed by atoms with Crippen LogP contribution in [0, 0.1) is 0 Å². The fraction of sp³-hybridized carbons (Fsp3) is 0.238. The van der Waals surface area contributed by atoms with E-state index in [0.29, 0.717) is 11.1 Å². The summed E-state index contributed by atoms with van der Waals surface area (Å²) in [5.41, 5.74) is 5.11. The van der Waals surface area contributed by atoms with Crippen molar-refractivity contribution in [2.24, 2.45) is 0 Å². The highest BCUT2D eigenvalue weighted by molar-refractivity contribution is 5.92. The molecular weight excluding hydrogens is 628 g/mol. The van der Waals surface area contributed by atoms with Crippen molar-refractivity contribution in [2.45, 2.75) is 52.7 Å². The molecule has 0 heterocycles. The van der Waals surface area contributed by atoms with E-state index < -0.39 is 11.2 Å². The molecule has 0 aliphatic carbocycles. The van der Waals surface area contributed by atoms with Crippen molar-refractivity contribution < 1.29 is 28.5 Å². The van der Waals surface area contributed by atoms with E-state index in [1.165, 1.54) is 0 Å². The van der Waals surface area contributed by atoms with E-state index in [2.05, 4.69) is 9.80 Å². The summed E-state index contributed by atoms with van der Waals surface area (Å²) in [6.07, 6.45) is 0. The number of benzene rings is 5. The minimum atomic E-state index is -0.591. The molecule has 8 heteroatoms. The van der Waals surface area contributed by atoms with Crippen LogP contribution >= 0.6 is 0 Å². The monoisotopic (exact) mass is 672 g/mol. The lowest BCUT2D eigenvalue weighted by atomic mass is 10.1. The van der Waals surface area contributed by atoms with Crippen LogP contribution in [0.1, 0.15) is 62.3 Å². The van der Waals surface area contributed by atoms with Crippen molar-refractivity contribution >= 4 is 46.1 Å². The standard InChI is InChI=1S/C42H44N2O6/c1-41(2,3)49-39(45)29-9-13-31(14-10-29)43(35-21-25-37(47-7)26-22-35)33-17-19-34(20-18-33)44(36-23-27-38(48-8)28-24-36)32-15-11-30(12-16-32)40(46)50-42(4,5)6/h9-28H,1-8H3. The van der Waals surface area contributed by atoms with E-state index in [0.717, 1.165) is 45.6 Å². The van der Waals surface area contributed by atoms with Crippen LogP contribution in [0.3, 0.4) is 0 Å². The second kappa shape index (κ2) is 14.8. The van der Waals surface area contributed by atoms with Gasteiger partial charge in [-0.3, -0.25) is 0 Å². The number of esters is 2. The Morgan fingerprint density at radius 2 is 0.620 bits per heavy atom. The zero-order valence-corrected chi connectivity index (χ0v) is 29.9. The van der Waals surface area contributed by atoms with Gasteiger partial charge in [0.2, 0.25) is 0 Å². The Balaban J connectivity index is 1.53. The molecule has 5 aromatic rings. The van der Waals surface area contributed by atoms with Gasteiger partial charge in [-0.25, -0.2) is 9.59 Å². The maximum atomic E-state index is 12.7. The van der Waals surface area contributed by atoms with Gasteiger partial charge < -0.3 is 28.7 Å². The van der Waals surface area contributed by atoms with Crippen LogP contribution in [0.2, 0.25) is 0 Å². The number of carbonyl (C=O) groups excluding carboxylic acids is 2. The van der Waals surface area contributed by atoms with Gasteiger partial charge in [-0.05, 0) is 163 Å². The third-order valence-corrected chi connectivity index (χ3v) is 7.55. The van der Waals surface area contributed by atoms with Gasteiger partial charge in [0.05, 0.1) is 25.3 Å². The lowest BCUT2D eigenvalue weighted by Gasteiger charge is -2.28. The van der Waals surface area contributed by atoms with Crippen LogP contribution in [0.4, 0.5) is 34.1 Å². The normalized spacial score (nSPS) is 11.4. The summed E-state index contributed by atoms with van der Waals surface area (Å²) in [5, 5.41) is 0. The lowest BCUT2D eigenvalue weighted by Crippen LogP contribution is -2.23. The van der Waals surface area contributed by atoms with E-state index in [4.69, 9.17) is 18.9 Å². The molecular formula is C42H44N2O6. The molecule has 0 N–H and O–H groups in total. The van der Waals surface area contributed by atoms with Crippen molar-refractivity contribution in [1.82, 2.24) is 0 Å². The van der Waals surface area contributed by atoms with E-state index in [1.807, 2.05) is 139 Å². The van der Waals surface area contributed by atoms with Crippen molar-refractivity contribution in [2.75, 3.05) is 24.0 Å². The number of ether oxygens (including phenoxy) is 4. The minimum Gasteiger partial charge on any atom is -0.497 e. The number of methoxy groups -OCH3 is 2. The van der Waals surface area contributed by atoms with Gasteiger partial charge in [0.25, 0.3) is 0 Å². The average molecular weight is 673 g/mol. The second-order valence-electron chi connectivity index (χ2n) is 13.7. The highest BCUT2D eigenvalue weighted by Crippen LogP contribution is 2.40. The largest absolute Gasteiger partial charge is 0.497 e. The molecule has 0 saturated carbocycles. The summed E-state index contributed by atoms with van der Waals surface area (Å²) >= 11 is 0. The molecule has 5 aromatic carbocycles. The average Bonchev–Trinajstić information content (AvgIpc) is 3.09. The lowest BCUT2D eigenvalue weighted by molar-refractivity contribution is 0.00570. The summed E-state index contributed by atoms with van der Waals surface area (Å²) in [7, 11) is 3.28. The SMILES string of the molecule is COc1ccc(N(c2ccc(C(=O)OC(C)(C)C)cc2)c2ccc(N(c3ccc(OC)cc3)c3ccc(C(=O)OC(C)(C)C)cc3)cc2)cc1. The predicted octanol–water partition coefficient (Wildman–Crippen LogP) is 10.6. The summed E-state index contributed by atoms with van der Waals surface area (Å²) < 4.78 is 22.0. The molecule has 8 nitrogen and oxygen atoms in total. The highest BCUT2D eigenvalue weighted by atomic mass is 16.6. The molecule has 0 aliphatic heterocycles.